The molecule has 0 fully saturated rings. The second-order valence-corrected chi connectivity index (χ2v) is 3.37. The molecule has 0 atom stereocenters. The maximum atomic E-state index is 9.21. The van der Waals surface area contributed by atoms with Crippen LogP contribution in [0.4, 0.5) is 0 Å². The van der Waals surface area contributed by atoms with Gasteiger partial charge in [0, 0.05) is 6.54 Å². The number of nitrogens with one attached hydrogen (secondary N) is 2. The zero-order valence-corrected chi connectivity index (χ0v) is 9.50. The van der Waals surface area contributed by atoms with E-state index in [1.165, 1.54) is 0 Å². The van der Waals surface area contributed by atoms with Gasteiger partial charge < -0.3 is 10.4 Å². The Balaban J connectivity index is 2.42. The summed E-state index contributed by atoms with van der Waals surface area (Å²) in [7, 11) is 0. The number of hydrazone groups is 1. The third-order valence-corrected chi connectivity index (χ3v) is 1.89. The van der Waals surface area contributed by atoms with Crippen molar-refractivity contribution in [2.45, 2.75) is 0 Å². The Morgan fingerprint density at radius 1 is 1.56 bits per heavy atom. The topological polar surface area (TPSA) is 56.7 Å². The number of rotatable bonds is 4. The number of aromatic hydroxyl groups is 1. The van der Waals surface area contributed by atoms with Crippen molar-refractivity contribution in [3.05, 3.63) is 42.5 Å². The molecule has 1 rings (SSSR count). The largest absolute Gasteiger partial charge is 0.508 e. The molecule has 0 saturated carbocycles. The zero-order valence-electron chi connectivity index (χ0n) is 8.68. The quantitative estimate of drug-likeness (QED) is 0.319. The van der Waals surface area contributed by atoms with Gasteiger partial charge in [-0.1, -0.05) is 18.2 Å². The minimum absolute atomic E-state index is 0.205. The summed E-state index contributed by atoms with van der Waals surface area (Å²) in [5, 5.41) is 16.4. The van der Waals surface area contributed by atoms with Gasteiger partial charge in [0.25, 0.3) is 0 Å². The van der Waals surface area contributed by atoms with Gasteiger partial charge in [-0.25, -0.2) is 0 Å². The first-order chi connectivity index (χ1) is 7.72. The molecule has 0 aliphatic carbocycles. The number of hydrogen-bond acceptors (Lipinski definition) is 3. The first-order valence-corrected chi connectivity index (χ1v) is 5.10. The molecule has 0 unspecified atom stereocenters. The smallest absolute Gasteiger partial charge is 0.187 e. The van der Waals surface area contributed by atoms with Crippen LogP contribution >= 0.6 is 12.2 Å². The summed E-state index contributed by atoms with van der Waals surface area (Å²) in [6.45, 7) is 4.14. The standard InChI is InChI=1S/C11H13N3OS/c1-2-6-12-11(16)14-13-8-9-4-3-5-10(15)7-9/h2-5,7-8,15H,1,6H2,(H2,12,14,16)/b13-8-. The van der Waals surface area contributed by atoms with E-state index < -0.39 is 0 Å². The zero-order chi connectivity index (χ0) is 11.8. The Labute approximate surface area is 99.7 Å². The van der Waals surface area contributed by atoms with Crippen LogP contribution in [0.15, 0.2) is 42.0 Å². The maximum Gasteiger partial charge on any atom is 0.187 e. The molecule has 3 N–H and O–H groups in total. The van der Waals surface area contributed by atoms with Gasteiger partial charge in [0.2, 0.25) is 0 Å². The Morgan fingerprint density at radius 2 is 2.38 bits per heavy atom. The van der Waals surface area contributed by atoms with Crippen LogP contribution in [0.2, 0.25) is 0 Å². The van der Waals surface area contributed by atoms with E-state index in [0.717, 1.165) is 5.56 Å². The summed E-state index contributed by atoms with van der Waals surface area (Å²) in [6.07, 6.45) is 3.27. The molecule has 4 nitrogen and oxygen atoms in total. The SMILES string of the molecule is C=CCNC(=S)N/N=C\c1cccc(O)c1. The molecule has 0 saturated heterocycles. The normalized spacial score (nSPS) is 10.0. The van der Waals surface area contributed by atoms with Gasteiger partial charge in [-0.2, -0.15) is 5.10 Å². The number of phenols is 1. The molecule has 0 aliphatic rings. The van der Waals surface area contributed by atoms with Gasteiger partial charge in [0.1, 0.15) is 5.75 Å². The van der Waals surface area contributed by atoms with Crippen LogP contribution in [0.1, 0.15) is 5.56 Å². The van der Waals surface area contributed by atoms with Gasteiger partial charge >= 0.3 is 0 Å². The lowest BCUT2D eigenvalue weighted by Gasteiger charge is -2.02. The average molecular weight is 235 g/mol. The highest BCUT2D eigenvalue weighted by atomic mass is 32.1. The molecular formula is C11H13N3OS. The highest BCUT2D eigenvalue weighted by molar-refractivity contribution is 7.80. The van der Waals surface area contributed by atoms with Crippen LogP contribution in [0, 0.1) is 0 Å². The molecule has 5 heteroatoms. The third-order valence-electron chi connectivity index (χ3n) is 1.66. The van der Waals surface area contributed by atoms with E-state index in [0.29, 0.717) is 11.7 Å². The van der Waals surface area contributed by atoms with Crippen LogP contribution in [0.3, 0.4) is 0 Å². The predicted octanol–water partition coefficient (Wildman–Crippen LogP) is 1.38. The van der Waals surface area contributed by atoms with Crippen molar-refractivity contribution < 1.29 is 5.11 Å². The van der Waals surface area contributed by atoms with Gasteiger partial charge in [-0.05, 0) is 29.9 Å². The fraction of sp³-hybridized carbons (Fsp3) is 0.0909. The number of thiocarbonyl (C=S) groups is 1. The summed E-state index contributed by atoms with van der Waals surface area (Å²) in [6, 6.07) is 6.77. The molecule has 1 aromatic carbocycles. The molecule has 0 bridgehead atoms. The summed E-state index contributed by atoms with van der Waals surface area (Å²) in [5.41, 5.74) is 3.44. The van der Waals surface area contributed by atoms with Crippen molar-refractivity contribution in [1.29, 1.82) is 0 Å². The lowest BCUT2D eigenvalue weighted by molar-refractivity contribution is 0.475. The number of phenolic OH excluding ortho intramolecular Hbond substituents is 1. The van der Waals surface area contributed by atoms with E-state index in [1.54, 1.807) is 30.5 Å². The van der Waals surface area contributed by atoms with Gasteiger partial charge in [0.15, 0.2) is 5.11 Å². The summed E-state index contributed by atoms with van der Waals surface area (Å²) in [4.78, 5) is 0. The van der Waals surface area contributed by atoms with Gasteiger partial charge in [-0.3, -0.25) is 5.43 Å². The average Bonchev–Trinajstić information content (AvgIpc) is 2.26. The molecule has 0 spiro atoms. The van der Waals surface area contributed by atoms with Crippen LogP contribution in [0.5, 0.6) is 5.75 Å². The first kappa shape index (κ1) is 12.2. The Kier molecular flexibility index (Phi) is 5.01. The highest BCUT2D eigenvalue weighted by Gasteiger charge is 1.91. The molecule has 0 amide bonds. The van der Waals surface area contributed by atoms with Crippen molar-refractivity contribution in [3.63, 3.8) is 0 Å². The van der Waals surface area contributed by atoms with Crippen LogP contribution in [-0.2, 0) is 0 Å². The van der Waals surface area contributed by atoms with Crippen molar-refractivity contribution in [3.8, 4) is 5.75 Å². The third kappa shape index (κ3) is 4.56. The van der Waals surface area contributed by atoms with Crippen molar-refractivity contribution in [2.24, 2.45) is 5.10 Å². The minimum atomic E-state index is 0.205. The molecular weight excluding hydrogens is 222 g/mol. The van der Waals surface area contributed by atoms with Crippen LogP contribution < -0.4 is 10.7 Å². The molecule has 16 heavy (non-hydrogen) atoms. The van der Waals surface area contributed by atoms with E-state index in [-0.39, 0.29) is 5.75 Å². The Morgan fingerprint density at radius 3 is 3.06 bits per heavy atom. The number of benzene rings is 1. The summed E-state index contributed by atoms with van der Waals surface area (Å²) >= 11 is 4.93. The maximum absolute atomic E-state index is 9.21. The Bertz CT molecular complexity index is 404. The van der Waals surface area contributed by atoms with E-state index in [1.807, 2.05) is 6.07 Å². The summed E-state index contributed by atoms with van der Waals surface area (Å²) in [5.74, 6) is 0.205. The predicted molar refractivity (Wildman–Crippen MR) is 69.6 cm³/mol. The molecule has 0 aliphatic heterocycles. The minimum Gasteiger partial charge on any atom is -0.508 e. The molecule has 0 heterocycles. The molecule has 84 valence electrons. The van der Waals surface area contributed by atoms with E-state index in [4.69, 9.17) is 12.2 Å². The van der Waals surface area contributed by atoms with Gasteiger partial charge in [0.05, 0.1) is 6.21 Å². The van der Waals surface area contributed by atoms with Crippen molar-refractivity contribution in [2.75, 3.05) is 6.54 Å². The number of hydrogen-bond donors (Lipinski definition) is 3. The summed E-state index contributed by atoms with van der Waals surface area (Å²) < 4.78 is 0. The fourth-order valence-electron chi connectivity index (χ4n) is 0.975. The van der Waals surface area contributed by atoms with E-state index >= 15 is 0 Å². The van der Waals surface area contributed by atoms with Gasteiger partial charge in [-0.15, -0.1) is 6.58 Å². The number of nitrogens with zero attached hydrogens (tertiary/aromatic N) is 1. The van der Waals surface area contributed by atoms with Crippen molar-refractivity contribution in [1.82, 2.24) is 10.7 Å². The molecule has 0 radical (unpaired) electrons. The highest BCUT2D eigenvalue weighted by Crippen LogP contribution is 2.08. The fourth-order valence-corrected chi connectivity index (χ4v) is 1.11. The lowest BCUT2D eigenvalue weighted by Crippen LogP contribution is -2.31. The van der Waals surface area contributed by atoms with Crippen LogP contribution in [-0.4, -0.2) is 23.0 Å². The second kappa shape index (κ2) is 6.58. The molecule has 0 aromatic heterocycles. The van der Waals surface area contributed by atoms with Crippen LogP contribution in [0.25, 0.3) is 0 Å². The second-order valence-electron chi connectivity index (χ2n) is 2.96. The lowest BCUT2D eigenvalue weighted by atomic mass is 10.2. The van der Waals surface area contributed by atoms with E-state index in [9.17, 15) is 5.11 Å². The van der Waals surface area contributed by atoms with E-state index in [2.05, 4.69) is 22.4 Å². The van der Waals surface area contributed by atoms with Crippen molar-refractivity contribution >= 4 is 23.5 Å². The Hall–Kier alpha value is -1.88. The monoisotopic (exact) mass is 235 g/mol. The first-order valence-electron chi connectivity index (χ1n) is 4.69. The molecule has 1 aromatic rings.